The van der Waals surface area contributed by atoms with Gasteiger partial charge in [-0.3, -0.25) is 14.9 Å². The highest BCUT2D eigenvalue weighted by atomic mass is 32.2. The molecular formula is C18H21N3O2S2. The standard InChI is InChI=1S/C18H21N3O2S2/c1-12-13-4-2-3-5-15(13)25-16(12)18(23)21-8-6-20(7-9-21)17(22)14-10-24-11-19-14/h2-5,14,19H,6-11H2,1H3. The first-order chi connectivity index (χ1) is 12.1. The summed E-state index contributed by atoms with van der Waals surface area (Å²) in [5.41, 5.74) is 1.07. The molecule has 2 amide bonds. The van der Waals surface area contributed by atoms with E-state index in [0.29, 0.717) is 26.2 Å². The number of hydrogen-bond donors (Lipinski definition) is 1. The van der Waals surface area contributed by atoms with E-state index >= 15 is 0 Å². The fourth-order valence-electron chi connectivity index (χ4n) is 3.43. The number of thioether (sulfide) groups is 1. The third kappa shape index (κ3) is 3.16. The smallest absolute Gasteiger partial charge is 0.264 e. The van der Waals surface area contributed by atoms with E-state index in [9.17, 15) is 9.59 Å². The van der Waals surface area contributed by atoms with Gasteiger partial charge in [0.2, 0.25) is 5.91 Å². The van der Waals surface area contributed by atoms with Crippen LogP contribution < -0.4 is 5.32 Å². The summed E-state index contributed by atoms with van der Waals surface area (Å²) < 4.78 is 1.15. The molecule has 2 saturated heterocycles. The van der Waals surface area contributed by atoms with Crippen LogP contribution in [0.3, 0.4) is 0 Å². The minimum absolute atomic E-state index is 0.0582. The maximum atomic E-state index is 12.9. The second kappa shape index (κ2) is 6.97. The molecule has 1 N–H and O–H groups in total. The molecule has 3 heterocycles. The van der Waals surface area contributed by atoms with Gasteiger partial charge in [0.05, 0.1) is 10.9 Å². The van der Waals surface area contributed by atoms with Crippen molar-refractivity contribution in [2.45, 2.75) is 13.0 Å². The molecule has 25 heavy (non-hydrogen) atoms. The number of hydrogen-bond acceptors (Lipinski definition) is 5. The van der Waals surface area contributed by atoms with E-state index in [1.807, 2.05) is 28.9 Å². The van der Waals surface area contributed by atoms with Crippen molar-refractivity contribution in [1.82, 2.24) is 15.1 Å². The molecule has 5 nitrogen and oxygen atoms in total. The number of piperazine rings is 1. The Labute approximate surface area is 155 Å². The van der Waals surface area contributed by atoms with Crippen LogP contribution in [0.5, 0.6) is 0 Å². The van der Waals surface area contributed by atoms with Gasteiger partial charge < -0.3 is 9.80 Å². The summed E-state index contributed by atoms with van der Waals surface area (Å²) in [4.78, 5) is 30.0. The molecule has 1 atom stereocenters. The monoisotopic (exact) mass is 375 g/mol. The van der Waals surface area contributed by atoms with Crippen LogP contribution in [0.1, 0.15) is 15.2 Å². The van der Waals surface area contributed by atoms with E-state index in [-0.39, 0.29) is 17.9 Å². The van der Waals surface area contributed by atoms with Crippen LogP contribution >= 0.6 is 23.1 Å². The summed E-state index contributed by atoms with van der Waals surface area (Å²) in [5.74, 6) is 1.97. The molecule has 2 fully saturated rings. The van der Waals surface area contributed by atoms with Crippen LogP contribution in [0.4, 0.5) is 0 Å². The Morgan fingerprint density at radius 1 is 1.12 bits per heavy atom. The van der Waals surface area contributed by atoms with Crippen molar-refractivity contribution in [3.05, 3.63) is 34.7 Å². The quantitative estimate of drug-likeness (QED) is 0.874. The largest absolute Gasteiger partial charge is 0.338 e. The fourth-order valence-corrected chi connectivity index (χ4v) is 5.54. The van der Waals surface area contributed by atoms with E-state index in [0.717, 1.165) is 32.2 Å². The molecule has 0 spiro atoms. The Hall–Kier alpha value is -1.57. The summed E-state index contributed by atoms with van der Waals surface area (Å²) in [6.45, 7) is 4.49. The van der Waals surface area contributed by atoms with Crippen molar-refractivity contribution >= 4 is 45.0 Å². The van der Waals surface area contributed by atoms with Gasteiger partial charge in [0, 0.05) is 42.5 Å². The number of benzene rings is 1. The first-order valence-electron chi connectivity index (χ1n) is 8.52. The van der Waals surface area contributed by atoms with E-state index in [2.05, 4.69) is 17.4 Å². The molecule has 132 valence electrons. The first-order valence-corrected chi connectivity index (χ1v) is 10.5. The summed E-state index contributed by atoms with van der Waals surface area (Å²) in [5, 5.41) is 4.39. The Balaban J connectivity index is 1.44. The van der Waals surface area contributed by atoms with Crippen LogP contribution in [-0.4, -0.2) is 65.5 Å². The Kier molecular flexibility index (Phi) is 4.71. The van der Waals surface area contributed by atoms with Crippen molar-refractivity contribution in [2.24, 2.45) is 0 Å². The predicted octanol–water partition coefficient (Wildman–Crippen LogP) is 2.16. The Morgan fingerprint density at radius 3 is 2.52 bits per heavy atom. The Morgan fingerprint density at radius 2 is 1.84 bits per heavy atom. The topological polar surface area (TPSA) is 52.7 Å². The number of rotatable bonds is 2. The number of fused-ring (bicyclic) bond motifs is 1. The van der Waals surface area contributed by atoms with Crippen LogP contribution in [0.25, 0.3) is 10.1 Å². The number of aryl methyl sites for hydroxylation is 1. The van der Waals surface area contributed by atoms with Crippen LogP contribution in [0.15, 0.2) is 24.3 Å². The molecule has 4 rings (SSSR count). The number of amides is 2. The van der Waals surface area contributed by atoms with Crippen molar-refractivity contribution in [2.75, 3.05) is 37.8 Å². The van der Waals surface area contributed by atoms with Crippen LogP contribution in [0.2, 0.25) is 0 Å². The highest BCUT2D eigenvalue weighted by Gasteiger charge is 2.31. The molecule has 1 aromatic heterocycles. The molecule has 0 radical (unpaired) electrons. The second-order valence-corrected chi connectivity index (χ2v) is 8.52. The van der Waals surface area contributed by atoms with Gasteiger partial charge in [-0.25, -0.2) is 0 Å². The Bertz CT molecular complexity index is 806. The molecule has 2 aliphatic heterocycles. The average molecular weight is 376 g/mol. The van der Waals surface area contributed by atoms with E-state index in [1.165, 1.54) is 0 Å². The molecule has 2 aromatic rings. The number of carbonyl (C=O) groups excluding carboxylic acids is 2. The summed E-state index contributed by atoms with van der Waals surface area (Å²) in [6, 6.07) is 8.09. The SMILES string of the molecule is Cc1c(C(=O)N2CCN(C(=O)C3CSCN3)CC2)sc2ccccc12. The van der Waals surface area contributed by atoms with Crippen molar-refractivity contribution in [3.8, 4) is 0 Å². The third-order valence-corrected chi connectivity index (χ3v) is 7.13. The van der Waals surface area contributed by atoms with Gasteiger partial charge in [0.25, 0.3) is 5.91 Å². The van der Waals surface area contributed by atoms with Gasteiger partial charge in [-0.15, -0.1) is 23.1 Å². The van der Waals surface area contributed by atoms with Crippen LogP contribution in [-0.2, 0) is 4.79 Å². The van der Waals surface area contributed by atoms with Gasteiger partial charge in [0.15, 0.2) is 0 Å². The number of carbonyl (C=O) groups is 2. The minimum Gasteiger partial charge on any atom is -0.338 e. The highest BCUT2D eigenvalue weighted by molar-refractivity contribution is 7.99. The summed E-state index contributed by atoms with van der Waals surface area (Å²) >= 11 is 3.33. The molecule has 0 bridgehead atoms. The van der Waals surface area contributed by atoms with E-state index < -0.39 is 0 Å². The lowest BCUT2D eigenvalue weighted by Crippen LogP contribution is -2.54. The van der Waals surface area contributed by atoms with Crippen molar-refractivity contribution in [1.29, 1.82) is 0 Å². The maximum Gasteiger partial charge on any atom is 0.264 e. The molecule has 0 aliphatic carbocycles. The van der Waals surface area contributed by atoms with E-state index in [1.54, 1.807) is 23.1 Å². The van der Waals surface area contributed by atoms with Gasteiger partial charge in [-0.05, 0) is 23.9 Å². The molecular weight excluding hydrogens is 354 g/mol. The highest BCUT2D eigenvalue weighted by Crippen LogP contribution is 2.31. The average Bonchev–Trinajstić information content (AvgIpc) is 3.30. The first kappa shape index (κ1) is 16.9. The lowest BCUT2D eigenvalue weighted by molar-refractivity contribution is -0.134. The normalized spacial score (nSPS) is 21.1. The predicted molar refractivity (Wildman–Crippen MR) is 103 cm³/mol. The van der Waals surface area contributed by atoms with Crippen molar-refractivity contribution in [3.63, 3.8) is 0 Å². The minimum atomic E-state index is -0.0582. The zero-order chi connectivity index (χ0) is 17.4. The maximum absolute atomic E-state index is 12.9. The molecule has 1 aromatic carbocycles. The van der Waals surface area contributed by atoms with E-state index in [4.69, 9.17) is 0 Å². The molecule has 7 heteroatoms. The fraction of sp³-hybridized carbons (Fsp3) is 0.444. The van der Waals surface area contributed by atoms with Gasteiger partial charge in [0.1, 0.15) is 0 Å². The number of nitrogens with zero attached hydrogens (tertiary/aromatic N) is 2. The van der Waals surface area contributed by atoms with Gasteiger partial charge in [-0.1, -0.05) is 18.2 Å². The molecule has 0 saturated carbocycles. The summed E-state index contributed by atoms with van der Waals surface area (Å²) in [6.07, 6.45) is 0. The second-order valence-electron chi connectivity index (χ2n) is 6.44. The van der Waals surface area contributed by atoms with Crippen molar-refractivity contribution < 1.29 is 9.59 Å². The lowest BCUT2D eigenvalue weighted by atomic mass is 10.1. The number of thiophene rings is 1. The molecule has 2 aliphatic rings. The zero-order valence-corrected chi connectivity index (χ0v) is 15.8. The third-order valence-electron chi connectivity index (χ3n) is 4.93. The van der Waals surface area contributed by atoms with Crippen LogP contribution in [0, 0.1) is 6.92 Å². The summed E-state index contributed by atoms with van der Waals surface area (Å²) in [7, 11) is 0. The number of nitrogens with one attached hydrogen (secondary N) is 1. The molecule has 1 unspecified atom stereocenters. The lowest BCUT2D eigenvalue weighted by Gasteiger charge is -2.35. The van der Waals surface area contributed by atoms with Gasteiger partial charge in [-0.2, -0.15) is 0 Å². The zero-order valence-electron chi connectivity index (χ0n) is 14.2. The van der Waals surface area contributed by atoms with Gasteiger partial charge >= 0.3 is 0 Å².